The molecule has 2 saturated heterocycles. The maximum Gasteiger partial charge on any atom is 0.323 e. The van der Waals surface area contributed by atoms with Crippen molar-refractivity contribution >= 4 is 34.7 Å². The third-order valence-corrected chi connectivity index (χ3v) is 9.56. The quantitative estimate of drug-likeness (QED) is 0.254. The summed E-state index contributed by atoms with van der Waals surface area (Å²) in [5.74, 6) is -0.342. The Labute approximate surface area is 266 Å². The number of thiophene rings is 1. The number of piperazine rings is 1. The third-order valence-electron chi connectivity index (χ3n) is 8.62. The zero-order valence-electron chi connectivity index (χ0n) is 25.2. The molecule has 2 fully saturated rings. The van der Waals surface area contributed by atoms with E-state index in [1.54, 1.807) is 67.7 Å². The molecule has 3 aromatic carbocycles. The molecule has 10 heteroatoms. The highest BCUT2D eigenvalue weighted by Gasteiger charge is 2.58. The predicted molar refractivity (Wildman–Crippen MR) is 174 cm³/mol. The smallest absolute Gasteiger partial charge is 0.323 e. The molecule has 45 heavy (non-hydrogen) atoms. The minimum Gasteiger partial charge on any atom is -0.497 e. The van der Waals surface area contributed by atoms with Gasteiger partial charge in [0.2, 0.25) is 5.91 Å². The van der Waals surface area contributed by atoms with E-state index in [-0.39, 0.29) is 11.7 Å². The maximum absolute atomic E-state index is 14.7. The highest BCUT2D eigenvalue weighted by atomic mass is 32.1. The van der Waals surface area contributed by atoms with Crippen LogP contribution in [0.15, 0.2) is 96.4 Å². The Balaban J connectivity index is 1.51. The van der Waals surface area contributed by atoms with E-state index in [9.17, 15) is 14.4 Å². The number of Topliss-reactive ketones (excluding diaryl/α,β-unsaturated/α-hetero) is 1. The number of hydrogen-bond donors (Lipinski definition) is 2. The van der Waals surface area contributed by atoms with Crippen LogP contribution in [0.5, 0.6) is 11.5 Å². The Kier molecular flexibility index (Phi) is 9.13. The molecular weight excluding hydrogens is 588 g/mol. The zero-order chi connectivity index (χ0) is 31.3. The van der Waals surface area contributed by atoms with Gasteiger partial charge in [0, 0.05) is 48.2 Å². The maximum atomic E-state index is 14.7. The van der Waals surface area contributed by atoms with Crippen LogP contribution in [0, 0.1) is 5.92 Å². The number of benzene rings is 3. The molecule has 1 aromatic heterocycles. The van der Waals surface area contributed by atoms with Crippen LogP contribution in [0.4, 0.5) is 10.5 Å². The van der Waals surface area contributed by atoms with Crippen LogP contribution in [-0.2, 0) is 4.79 Å². The van der Waals surface area contributed by atoms with Crippen LogP contribution in [0.2, 0.25) is 0 Å². The average Bonchev–Trinajstić information content (AvgIpc) is 3.75. The van der Waals surface area contributed by atoms with Gasteiger partial charge in [0.05, 0.1) is 26.2 Å². The molecule has 2 aliphatic rings. The van der Waals surface area contributed by atoms with Gasteiger partial charge >= 0.3 is 6.03 Å². The molecule has 4 atom stereocenters. The second-order valence-corrected chi connectivity index (χ2v) is 12.1. The first-order chi connectivity index (χ1) is 22.0. The molecule has 3 amide bonds. The van der Waals surface area contributed by atoms with Crippen molar-refractivity contribution in [3.05, 3.63) is 112 Å². The molecule has 3 heterocycles. The fourth-order valence-corrected chi connectivity index (χ4v) is 7.34. The lowest BCUT2D eigenvalue weighted by molar-refractivity contribution is -0.136. The van der Waals surface area contributed by atoms with Crippen molar-refractivity contribution in [1.29, 1.82) is 0 Å². The zero-order valence-corrected chi connectivity index (χ0v) is 26.0. The van der Waals surface area contributed by atoms with E-state index < -0.39 is 30.0 Å². The van der Waals surface area contributed by atoms with Crippen LogP contribution in [-0.4, -0.2) is 74.0 Å². The van der Waals surface area contributed by atoms with Gasteiger partial charge < -0.3 is 29.9 Å². The Hall–Kier alpha value is -4.67. The summed E-state index contributed by atoms with van der Waals surface area (Å²) in [6.07, 6.45) is 0. The van der Waals surface area contributed by atoms with Crippen molar-refractivity contribution in [3.8, 4) is 11.5 Å². The molecule has 2 aliphatic heterocycles. The van der Waals surface area contributed by atoms with Gasteiger partial charge in [-0.05, 0) is 65.5 Å². The number of carbonyl (C=O) groups is 3. The van der Waals surface area contributed by atoms with E-state index in [2.05, 4.69) is 10.6 Å². The minimum atomic E-state index is -0.928. The molecule has 0 aliphatic carbocycles. The summed E-state index contributed by atoms with van der Waals surface area (Å²) in [6.45, 7) is 2.36. The molecule has 0 bridgehead atoms. The summed E-state index contributed by atoms with van der Waals surface area (Å²) in [5, 5.41) is 8.27. The van der Waals surface area contributed by atoms with Crippen molar-refractivity contribution in [3.63, 3.8) is 0 Å². The summed E-state index contributed by atoms with van der Waals surface area (Å²) in [5.41, 5.74) is 1.88. The largest absolute Gasteiger partial charge is 0.497 e. The Morgan fingerprint density at radius 1 is 0.822 bits per heavy atom. The van der Waals surface area contributed by atoms with Crippen LogP contribution in [0.25, 0.3) is 0 Å². The van der Waals surface area contributed by atoms with Crippen LogP contribution in [0.3, 0.4) is 0 Å². The lowest BCUT2D eigenvalue weighted by Crippen LogP contribution is -2.55. The number of rotatable bonds is 8. The number of nitrogens with zero attached hydrogens (tertiary/aromatic N) is 2. The SMILES string of the molecule is COc1ccc(NC(=O)N2C(C(=O)N3CCNCC3)C(c3ccccc3)C(C(=O)c3ccc(OC)cc3)C2c2cccs2)cc1. The second kappa shape index (κ2) is 13.5. The van der Waals surface area contributed by atoms with E-state index in [1.165, 1.54) is 11.3 Å². The molecule has 0 spiro atoms. The molecular formula is C35H36N4O5S. The van der Waals surface area contributed by atoms with Gasteiger partial charge in [-0.3, -0.25) is 9.59 Å². The first-order valence-electron chi connectivity index (χ1n) is 15.0. The minimum absolute atomic E-state index is 0.136. The van der Waals surface area contributed by atoms with E-state index in [0.29, 0.717) is 48.9 Å². The lowest BCUT2D eigenvalue weighted by Gasteiger charge is -2.36. The van der Waals surface area contributed by atoms with E-state index in [1.807, 2.05) is 52.7 Å². The van der Waals surface area contributed by atoms with Gasteiger partial charge in [-0.2, -0.15) is 0 Å². The van der Waals surface area contributed by atoms with Crippen molar-refractivity contribution in [2.45, 2.75) is 18.0 Å². The fraction of sp³-hybridized carbons (Fsp3) is 0.286. The summed E-state index contributed by atoms with van der Waals surface area (Å²) in [4.78, 5) is 48.2. The van der Waals surface area contributed by atoms with Gasteiger partial charge in [0.1, 0.15) is 17.5 Å². The van der Waals surface area contributed by atoms with Gasteiger partial charge in [-0.25, -0.2) is 4.79 Å². The topological polar surface area (TPSA) is 100 Å². The van der Waals surface area contributed by atoms with Crippen molar-refractivity contribution in [2.75, 3.05) is 45.7 Å². The molecule has 9 nitrogen and oxygen atoms in total. The second-order valence-electron chi connectivity index (χ2n) is 11.1. The van der Waals surface area contributed by atoms with Gasteiger partial charge in [0.25, 0.3) is 0 Å². The summed E-state index contributed by atoms with van der Waals surface area (Å²) in [7, 11) is 3.16. The van der Waals surface area contributed by atoms with Crippen LogP contribution in [0.1, 0.15) is 32.8 Å². The van der Waals surface area contributed by atoms with Crippen LogP contribution < -0.4 is 20.1 Å². The van der Waals surface area contributed by atoms with Crippen LogP contribution >= 0.6 is 11.3 Å². The summed E-state index contributed by atoms with van der Waals surface area (Å²) >= 11 is 1.48. The number of hydrogen-bond acceptors (Lipinski definition) is 7. The van der Waals surface area contributed by atoms with Gasteiger partial charge in [-0.1, -0.05) is 36.4 Å². The number of ether oxygens (including phenoxy) is 2. The number of nitrogens with one attached hydrogen (secondary N) is 2. The predicted octanol–water partition coefficient (Wildman–Crippen LogP) is 5.44. The monoisotopic (exact) mass is 624 g/mol. The Morgan fingerprint density at radius 2 is 1.47 bits per heavy atom. The van der Waals surface area contributed by atoms with Crippen molar-refractivity contribution < 1.29 is 23.9 Å². The third kappa shape index (κ3) is 6.16. The highest BCUT2D eigenvalue weighted by Crippen LogP contribution is 2.52. The average molecular weight is 625 g/mol. The van der Waals surface area contributed by atoms with Gasteiger partial charge in [-0.15, -0.1) is 11.3 Å². The van der Waals surface area contributed by atoms with E-state index >= 15 is 0 Å². The highest BCUT2D eigenvalue weighted by molar-refractivity contribution is 7.10. The number of urea groups is 1. The molecule has 0 radical (unpaired) electrons. The van der Waals surface area contributed by atoms with Crippen molar-refractivity contribution in [1.82, 2.24) is 15.1 Å². The summed E-state index contributed by atoms with van der Waals surface area (Å²) < 4.78 is 10.6. The Bertz CT molecular complexity index is 1610. The van der Waals surface area contributed by atoms with Gasteiger partial charge in [0.15, 0.2) is 5.78 Å². The number of likely N-dealkylation sites (tertiary alicyclic amines) is 1. The first-order valence-corrected chi connectivity index (χ1v) is 15.9. The number of carbonyl (C=O) groups excluding carboxylic acids is 3. The lowest BCUT2D eigenvalue weighted by atomic mass is 9.77. The van der Waals surface area contributed by atoms with E-state index in [4.69, 9.17) is 9.47 Å². The van der Waals surface area contributed by atoms with Crippen molar-refractivity contribution in [2.24, 2.45) is 5.92 Å². The Morgan fingerprint density at radius 3 is 2.07 bits per heavy atom. The van der Waals surface area contributed by atoms with E-state index in [0.717, 1.165) is 10.4 Å². The number of ketones is 1. The number of amides is 3. The molecule has 2 N–H and O–H groups in total. The first kappa shape index (κ1) is 30.4. The molecule has 4 unspecified atom stereocenters. The standard InChI is InChI=1S/C35H36N4O5S/c1-43-26-14-10-24(11-15-26)33(40)30-29(23-7-4-3-5-8-23)32(34(41)38-20-18-36-19-21-38)39(31(30)28-9-6-22-45-28)35(42)37-25-12-16-27(44-2)17-13-25/h3-17,22,29-32,36H,18-21H2,1-2H3,(H,37,42). The number of anilines is 1. The molecule has 232 valence electrons. The normalized spacial score (nSPS) is 21.3. The summed E-state index contributed by atoms with van der Waals surface area (Å²) in [6, 6.07) is 25.5. The number of methoxy groups -OCH3 is 2. The molecule has 0 saturated carbocycles. The molecule has 6 rings (SSSR count). The molecule has 4 aromatic rings. The fourth-order valence-electron chi connectivity index (χ4n) is 6.46.